The van der Waals surface area contributed by atoms with E-state index in [1.54, 1.807) is 19.9 Å². The first-order valence-electron chi connectivity index (χ1n) is 9.89. The Kier molecular flexibility index (Phi) is 8.40. The number of benzene rings is 2. The highest BCUT2D eigenvalue weighted by molar-refractivity contribution is 7.89. The van der Waals surface area contributed by atoms with Gasteiger partial charge in [0.1, 0.15) is 11.9 Å². The Balaban J connectivity index is 2.76. The quantitative estimate of drug-likeness (QED) is 0.363. The number of esters is 1. The monoisotopic (exact) mass is 479 g/mol. The lowest BCUT2D eigenvalue weighted by Crippen LogP contribution is -2.48. The summed E-state index contributed by atoms with van der Waals surface area (Å²) in [6, 6.07) is 5.86. The zero-order chi connectivity index (χ0) is 24.2. The van der Waals surface area contributed by atoms with Gasteiger partial charge in [0.15, 0.2) is 0 Å². The van der Waals surface area contributed by atoms with E-state index < -0.39 is 33.8 Å². The lowest BCUT2D eigenvalue weighted by Gasteiger charge is -2.33. The van der Waals surface area contributed by atoms with Crippen LogP contribution in [0.2, 0.25) is 5.02 Å². The van der Waals surface area contributed by atoms with E-state index in [1.165, 1.54) is 36.4 Å². The number of hydrogen-bond donors (Lipinski definition) is 0. The first-order valence-corrected chi connectivity index (χ1v) is 11.7. The molecule has 0 spiro atoms. The van der Waals surface area contributed by atoms with Crippen molar-refractivity contribution < 1.29 is 22.3 Å². The fraction of sp³-hybridized carbons (Fsp3) is 0.292. The second kappa shape index (κ2) is 10.4. The van der Waals surface area contributed by atoms with Crippen molar-refractivity contribution in [1.82, 2.24) is 4.31 Å². The van der Waals surface area contributed by atoms with Crippen LogP contribution < -0.4 is 0 Å². The molecule has 2 atom stereocenters. The molecule has 0 saturated heterocycles. The molecule has 0 aliphatic heterocycles. The molecule has 0 amide bonds. The minimum Gasteiger partial charge on any atom is -0.468 e. The van der Waals surface area contributed by atoms with Crippen molar-refractivity contribution in [2.45, 2.75) is 37.6 Å². The third kappa shape index (κ3) is 4.95. The third-order valence-corrected chi connectivity index (χ3v) is 7.66. The number of carbonyl (C=O) groups is 1. The second-order valence-corrected chi connectivity index (χ2v) is 9.70. The minimum absolute atomic E-state index is 0.0821. The van der Waals surface area contributed by atoms with Crippen LogP contribution in [0.15, 0.2) is 54.5 Å². The topological polar surface area (TPSA) is 63.7 Å². The van der Waals surface area contributed by atoms with Gasteiger partial charge in [-0.15, -0.1) is 6.58 Å². The lowest BCUT2D eigenvalue weighted by molar-refractivity contribution is -0.145. The molecule has 32 heavy (non-hydrogen) atoms. The van der Waals surface area contributed by atoms with Gasteiger partial charge in [-0.05, 0) is 60.4 Å². The Hall–Kier alpha value is -2.48. The summed E-state index contributed by atoms with van der Waals surface area (Å²) in [5, 5.41) is 0.337. The summed E-state index contributed by atoms with van der Waals surface area (Å²) >= 11 is 6.01. The van der Waals surface area contributed by atoms with Crippen LogP contribution in [-0.4, -0.2) is 38.4 Å². The van der Waals surface area contributed by atoms with E-state index in [4.69, 9.17) is 16.3 Å². The van der Waals surface area contributed by atoms with Gasteiger partial charge in [0.05, 0.1) is 12.0 Å². The van der Waals surface area contributed by atoms with E-state index in [9.17, 15) is 17.6 Å². The van der Waals surface area contributed by atoms with E-state index in [-0.39, 0.29) is 22.6 Å². The van der Waals surface area contributed by atoms with Crippen LogP contribution >= 0.6 is 11.6 Å². The molecule has 8 heteroatoms. The predicted molar refractivity (Wildman–Crippen MR) is 126 cm³/mol. The minimum atomic E-state index is -4.26. The zero-order valence-corrected chi connectivity index (χ0v) is 20.1. The van der Waals surface area contributed by atoms with E-state index >= 15 is 0 Å². The van der Waals surface area contributed by atoms with Gasteiger partial charge in [0.2, 0.25) is 10.0 Å². The van der Waals surface area contributed by atoms with Crippen molar-refractivity contribution >= 4 is 33.7 Å². The summed E-state index contributed by atoms with van der Waals surface area (Å²) in [6.07, 6.45) is 2.73. The number of aryl methyl sites for hydroxylation is 1. The Morgan fingerprint density at radius 3 is 2.47 bits per heavy atom. The molecule has 1 unspecified atom stereocenters. The number of ether oxygens (including phenoxy) is 1. The SMILES string of the molecule is C=CCN([C@H](C(=O)OC)C(C)c1c(F)ccc(C)c1C)S(=O)(=O)c1ccc(Cl)cc1C=C. The van der Waals surface area contributed by atoms with Crippen LogP contribution in [0.5, 0.6) is 0 Å². The number of sulfonamides is 1. The molecule has 0 heterocycles. The van der Waals surface area contributed by atoms with Crippen molar-refractivity contribution in [3.05, 3.63) is 82.7 Å². The van der Waals surface area contributed by atoms with Gasteiger partial charge in [0.25, 0.3) is 0 Å². The molecule has 0 bridgehead atoms. The number of halogens is 2. The molecule has 0 radical (unpaired) electrons. The van der Waals surface area contributed by atoms with Crippen molar-refractivity contribution in [3.8, 4) is 0 Å². The number of hydrogen-bond acceptors (Lipinski definition) is 4. The maximum atomic E-state index is 14.9. The van der Waals surface area contributed by atoms with Gasteiger partial charge in [0, 0.05) is 17.5 Å². The van der Waals surface area contributed by atoms with E-state index in [0.29, 0.717) is 10.6 Å². The Bertz CT molecular complexity index is 1150. The molecule has 0 aliphatic rings. The first-order chi connectivity index (χ1) is 15.0. The highest BCUT2D eigenvalue weighted by Crippen LogP contribution is 2.34. The van der Waals surface area contributed by atoms with Gasteiger partial charge in [-0.1, -0.05) is 43.3 Å². The maximum absolute atomic E-state index is 14.9. The van der Waals surface area contributed by atoms with Gasteiger partial charge >= 0.3 is 5.97 Å². The highest BCUT2D eigenvalue weighted by Gasteiger charge is 2.41. The molecular weight excluding hydrogens is 453 g/mol. The molecule has 172 valence electrons. The molecule has 0 N–H and O–H groups in total. The largest absolute Gasteiger partial charge is 0.468 e. The van der Waals surface area contributed by atoms with Gasteiger partial charge < -0.3 is 4.74 Å². The lowest BCUT2D eigenvalue weighted by atomic mass is 9.87. The molecular formula is C24H27ClFNO4S. The van der Waals surface area contributed by atoms with Crippen molar-refractivity contribution in [2.75, 3.05) is 13.7 Å². The predicted octanol–water partition coefficient (Wildman–Crippen LogP) is 5.26. The zero-order valence-electron chi connectivity index (χ0n) is 18.6. The summed E-state index contributed by atoms with van der Waals surface area (Å²) in [5.74, 6) is -2.18. The average molecular weight is 480 g/mol. The van der Waals surface area contributed by atoms with E-state index in [1.807, 2.05) is 6.92 Å². The second-order valence-electron chi connectivity index (χ2n) is 7.41. The van der Waals surface area contributed by atoms with Crippen LogP contribution in [-0.2, 0) is 19.6 Å². The van der Waals surface area contributed by atoms with Gasteiger partial charge in [-0.25, -0.2) is 12.8 Å². The van der Waals surface area contributed by atoms with Crippen LogP contribution in [0.4, 0.5) is 4.39 Å². The maximum Gasteiger partial charge on any atom is 0.324 e. The highest BCUT2D eigenvalue weighted by atomic mass is 35.5. The van der Waals surface area contributed by atoms with Crippen molar-refractivity contribution in [3.63, 3.8) is 0 Å². The Morgan fingerprint density at radius 1 is 1.25 bits per heavy atom. The Labute approximate surface area is 194 Å². The summed E-state index contributed by atoms with van der Waals surface area (Å²) in [5.41, 5.74) is 1.99. The fourth-order valence-corrected chi connectivity index (χ4v) is 5.72. The Morgan fingerprint density at radius 2 is 1.91 bits per heavy atom. The normalized spacial score (nSPS) is 13.5. The smallest absolute Gasteiger partial charge is 0.324 e. The summed E-state index contributed by atoms with van der Waals surface area (Å²) < 4.78 is 48.3. The number of nitrogens with zero attached hydrogens (tertiary/aromatic N) is 1. The summed E-state index contributed by atoms with van der Waals surface area (Å²) in [7, 11) is -3.09. The molecule has 2 aromatic rings. The van der Waals surface area contributed by atoms with Crippen LogP contribution in [0, 0.1) is 19.7 Å². The number of carbonyl (C=O) groups excluding carboxylic acids is 1. The first kappa shape index (κ1) is 25.8. The van der Waals surface area contributed by atoms with Gasteiger partial charge in [-0.3, -0.25) is 4.79 Å². The third-order valence-electron chi connectivity index (χ3n) is 5.50. The summed E-state index contributed by atoms with van der Waals surface area (Å²) in [6.45, 7) is 12.3. The van der Waals surface area contributed by atoms with Gasteiger partial charge in [-0.2, -0.15) is 4.31 Å². The van der Waals surface area contributed by atoms with E-state index in [0.717, 1.165) is 17.0 Å². The molecule has 0 saturated carbocycles. The standard InChI is InChI=1S/C24H27ClFNO4S/c1-7-13-27(32(29,30)21-12-10-19(25)14-18(21)8-2)23(24(28)31-6)17(5)22-16(4)15(3)9-11-20(22)26/h7-12,14,17,23H,1-2,13H2,3-6H3/t17?,23-/m0/s1. The van der Waals surface area contributed by atoms with E-state index in [2.05, 4.69) is 13.2 Å². The molecule has 0 fully saturated rings. The number of methoxy groups -OCH3 is 1. The van der Waals surface area contributed by atoms with Crippen LogP contribution in [0.3, 0.4) is 0 Å². The molecule has 0 aliphatic carbocycles. The summed E-state index contributed by atoms with van der Waals surface area (Å²) in [4.78, 5) is 12.8. The van der Waals surface area contributed by atoms with Crippen LogP contribution in [0.25, 0.3) is 6.08 Å². The average Bonchev–Trinajstić information content (AvgIpc) is 2.75. The van der Waals surface area contributed by atoms with Crippen molar-refractivity contribution in [2.24, 2.45) is 0 Å². The molecule has 0 aromatic heterocycles. The molecule has 2 aromatic carbocycles. The number of rotatable bonds is 9. The fourth-order valence-electron chi connectivity index (χ4n) is 3.74. The van der Waals surface area contributed by atoms with Crippen LogP contribution in [0.1, 0.15) is 35.1 Å². The molecule has 5 nitrogen and oxygen atoms in total. The molecule has 2 rings (SSSR count). The van der Waals surface area contributed by atoms with Crippen molar-refractivity contribution in [1.29, 1.82) is 0 Å².